The average Bonchev–Trinajstić information content (AvgIpc) is 3.00. The van der Waals surface area contributed by atoms with Crippen LogP contribution >= 0.6 is 0 Å². The number of nitrogens with two attached hydrogens (primary N) is 1. The Morgan fingerprint density at radius 1 is 1.14 bits per heavy atom. The second-order valence-corrected chi connectivity index (χ2v) is 7.98. The number of nitrogens with one attached hydrogen (secondary N) is 1. The Labute approximate surface area is 162 Å². The molecule has 0 radical (unpaired) electrons. The molecule has 0 saturated heterocycles. The highest BCUT2D eigenvalue weighted by molar-refractivity contribution is 6.10. The van der Waals surface area contributed by atoms with Crippen molar-refractivity contribution in [1.29, 1.82) is 0 Å². The normalized spacial score (nSPS) is 15.3. The molecule has 1 aliphatic carbocycles. The van der Waals surface area contributed by atoms with Gasteiger partial charge in [0.25, 0.3) is 0 Å². The Hall–Kier alpha value is -3.41. The number of anilines is 1. The Bertz CT molecular complexity index is 1100. The number of hydrogen-bond acceptors (Lipinski definition) is 4. The van der Waals surface area contributed by atoms with Crippen molar-refractivity contribution >= 4 is 17.4 Å². The predicted octanol–water partition coefficient (Wildman–Crippen LogP) is 4.18. The number of ketones is 1. The number of hydrogen-bond donors (Lipinski definition) is 3. The van der Waals surface area contributed by atoms with Crippen LogP contribution in [0.1, 0.15) is 46.7 Å². The molecule has 6 nitrogen and oxygen atoms in total. The molecule has 28 heavy (non-hydrogen) atoms. The third-order valence-electron chi connectivity index (χ3n) is 5.23. The van der Waals surface area contributed by atoms with Crippen molar-refractivity contribution in [2.24, 2.45) is 5.41 Å². The molecule has 4 N–H and O–H groups in total. The Balaban J connectivity index is 2.05. The first-order chi connectivity index (χ1) is 13.3. The molecule has 2 aromatic heterocycles. The molecule has 4 rings (SSSR count). The van der Waals surface area contributed by atoms with E-state index in [1.54, 1.807) is 24.5 Å². The van der Waals surface area contributed by atoms with Gasteiger partial charge in [-0.25, -0.2) is 4.79 Å². The van der Waals surface area contributed by atoms with Gasteiger partial charge in [0.2, 0.25) is 0 Å². The van der Waals surface area contributed by atoms with Gasteiger partial charge in [-0.05, 0) is 30.0 Å². The molecule has 0 amide bonds. The van der Waals surface area contributed by atoms with Gasteiger partial charge in [-0.3, -0.25) is 9.78 Å². The van der Waals surface area contributed by atoms with Crippen molar-refractivity contribution in [3.05, 3.63) is 59.5 Å². The molecule has 0 bridgehead atoms. The lowest BCUT2D eigenvalue weighted by Crippen LogP contribution is -2.26. The number of carboxylic acids is 1. The van der Waals surface area contributed by atoms with Gasteiger partial charge in [-0.1, -0.05) is 26.0 Å². The highest BCUT2D eigenvalue weighted by Gasteiger charge is 2.36. The molecular formula is C22H21N3O3. The van der Waals surface area contributed by atoms with Gasteiger partial charge in [0.05, 0.1) is 16.9 Å². The number of benzene rings is 1. The highest BCUT2D eigenvalue weighted by atomic mass is 16.4. The summed E-state index contributed by atoms with van der Waals surface area (Å²) < 4.78 is 0. The number of aromatic amines is 1. The van der Waals surface area contributed by atoms with Crippen LogP contribution in [0.2, 0.25) is 0 Å². The zero-order chi connectivity index (χ0) is 20.1. The van der Waals surface area contributed by atoms with Crippen LogP contribution in [-0.4, -0.2) is 26.8 Å². The first-order valence-electron chi connectivity index (χ1n) is 9.09. The summed E-state index contributed by atoms with van der Waals surface area (Å²) in [6.45, 7) is 4.14. The molecule has 0 fully saturated rings. The van der Waals surface area contributed by atoms with Crippen LogP contribution in [0.25, 0.3) is 22.4 Å². The Morgan fingerprint density at radius 3 is 2.54 bits per heavy atom. The quantitative estimate of drug-likeness (QED) is 0.595. The maximum atomic E-state index is 13.1. The van der Waals surface area contributed by atoms with Gasteiger partial charge >= 0.3 is 5.97 Å². The molecule has 2 heterocycles. The van der Waals surface area contributed by atoms with E-state index in [1.807, 2.05) is 12.1 Å². The summed E-state index contributed by atoms with van der Waals surface area (Å²) in [6.07, 6.45) is 4.52. The molecule has 0 spiro atoms. The third-order valence-corrected chi connectivity index (χ3v) is 5.23. The van der Waals surface area contributed by atoms with E-state index in [0.29, 0.717) is 23.1 Å². The van der Waals surface area contributed by atoms with Gasteiger partial charge in [-0.15, -0.1) is 0 Å². The second kappa shape index (κ2) is 6.34. The molecule has 0 saturated carbocycles. The average molecular weight is 375 g/mol. The molecule has 1 aliphatic rings. The van der Waals surface area contributed by atoms with Gasteiger partial charge in [-0.2, -0.15) is 0 Å². The van der Waals surface area contributed by atoms with E-state index in [-0.39, 0.29) is 22.4 Å². The number of H-pyrrole nitrogens is 1. The maximum Gasteiger partial charge on any atom is 0.337 e. The molecule has 142 valence electrons. The molecule has 0 unspecified atom stereocenters. The predicted molar refractivity (Wildman–Crippen MR) is 107 cm³/mol. The molecular weight excluding hydrogens is 354 g/mol. The lowest BCUT2D eigenvalue weighted by atomic mass is 9.75. The number of pyridine rings is 1. The van der Waals surface area contributed by atoms with Gasteiger partial charge in [0.1, 0.15) is 0 Å². The number of aromatic nitrogens is 2. The highest BCUT2D eigenvalue weighted by Crippen LogP contribution is 2.45. The van der Waals surface area contributed by atoms with Crippen LogP contribution in [0, 0.1) is 5.41 Å². The Kier molecular flexibility index (Phi) is 4.07. The first-order valence-corrected chi connectivity index (χ1v) is 9.09. The van der Waals surface area contributed by atoms with Crippen molar-refractivity contribution in [2.45, 2.75) is 26.7 Å². The lowest BCUT2D eigenvalue weighted by Gasteiger charge is -2.28. The summed E-state index contributed by atoms with van der Waals surface area (Å²) in [7, 11) is 0. The SMILES string of the molecule is CC1(C)CC(=O)c2c([nH]c(-c3ccncc3)c2-c2cccc(C(=O)O)c2N)C1. The van der Waals surface area contributed by atoms with E-state index < -0.39 is 5.97 Å². The van der Waals surface area contributed by atoms with Gasteiger partial charge in [0, 0.05) is 46.8 Å². The van der Waals surface area contributed by atoms with Crippen LogP contribution in [0.5, 0.6) is 0 Å². The minimum absolute atomic E-state index is 0.0247. The second-order valence-electron chi connectivity index (χ2n) is 7.98. The summed E-state index contributed by atoms with van der Waals surface area (Å²) in [5.74, 6) is -1.06. The van der Waals surface area contributed by atoms with Crippen LogP contribution in [0.3, 0.4) is 0 Å². The number of carboxylic acid groups (broad SMARTS) is 1. The van der Waals surface area contributed by atoms with E-state index >= 15 is 0 Å². The standard InChI is InChI=1S/C22H21N3O3/c1-22(2)10-15-18(16(26)11-22)17(20(25-15)12-6-8-24-9-7-12)13-4-3-5-14(19(13)23)21(27)28/h3-9,25H,10-11,23H2,1-2H3,(H,27,28). The first kappa shape index (κ1) is 18.0. The van der Waals surface area contributed by atoms with Gasteiger partial charge < -0.3 is 15.8 Å². The third kappa shape index (κ3) is 2.87. The number of para-hydroxylation sites is 1. The van der Waals surface area contributed by atoms with Crippen molar-refractivity contribution in [3.8, 4) is 22.4 Å². The fraction of sp³-hybridized carbons (Fsp3) is 0.227. The fourth-order valence-electron chi connectivity index (χ4n) is 4.03. The van der Waals surface area contributed by atoms with E-state index in [9.17, 15) is 14.7 Å². The number of Topliss-reactive ketones (excluding diaryl/α,β-unsaturated/α-hetero) is 1. The van der Waals surface area contributed by atoms with E-state index in [4.69, 9.17) is 5.73 Å². The number of aromatic carboxylic acids is 1. The van der Waals surface area contributed by atoms with Crippen LogP contribution < -0.4 is 5.73 Å². The molecule has 0 aliphatic heterocycles. The van der Waals surface area contributed by atoms with E-state index in [2.05, 4.69) is 23.8 Å². The largest absolute Gasteiger partial charge is 0.478 e. The summed E-state index contributed by atoms with van der Waals surface area (Å²) in [5, 5.41) is 9.47. The van der Waals surface area contributed by atoms with Crippen LogP contribution in [0.15, 0.2) is 42.7 Å². The molecule has 6 heteroatoms. The van der Waals surface area contributed by atoms with Gasteiger partial charge in [0.15, 0.2) is 5.78 Å². The number of nitrogen functional groups attached to an aromatic ring is 1. The summed E-state index contributed by atoms with van der Waals surface area (Å²) >= 11 is 0. The van der Waals surface area contributed by atoms with Crippen LogP contribution in [0.4, 0.5) is 5.69 Å². The number of carbonyl (C=O) groups is 2. The zero-order valence-corrected chi connectivity index (χ0v) is 15.7. The minimum atomic E-state index is -1.10. The summed E-state index contributed by atoms with van der Waals surface area (Å²) in [4.78, 5) is 32.1. The monoisotopic (exact) mass is 375 g/mol. The maximum absolute atomic E-state index is 13.1. The topological polar surface area (TPSA) is 109 Å². The van der Waals surface area contributed by atoms with Crippen molar-refractivity contribution in [2.75, 3.05) is 5.73 Å². The lowest BCUT2D eigenvalue weighted by molar-refractivity contribution is 0.0697. The summed E-state index contributed by atoms with van der Waals surface area (Å²) in [5.41, 5.74) is 10.6. The van der Waals surface area contributed by atoms with E-state index in [1.165, 1.54) is 6.07 Å². The van der Waals surface area contributed by atoms with Crippen molar-refractivity contribution < 1.29 is 14.7 Å². The zero-order valence-electron chi connectivity index (χ0n) is 15.7. The number of rotatable bonds is 3. The van der Waals surface area contributed by atoms with Crippen LogP contribution in [-0.2, 0) is 6.42 Å². The minimum Gasteiger partial charge on any atom is -0.478 e. The molecule has 3 aromatic rings. The number of nitrogens with zero attached hydrogens (tertiary/aromatic N) is 1. The summed E-state index contributed by atoms with van der Waals surface area (Å²) in [6, 6.07) is 8.60. The molecule has 1 aromatic carbocycles. The van der Waals surface area contributed by atoms with Crippen molar-refractivity contribution in [1.82, 2.24) is 9.97 Å². The van der Waals surface area contributed by atoms with Crippen molar-refractivity contribution in [3.63, 3.8) is 0 Å². The number of carbonyl (C=O) groups excluding carboxylic acids is 1. The smallest absolute Gasteiger partial charge is 0.337 e. The molecule has 0 atom stereocenters. The number of fused-ring (bicyclic) bond motifs is 1. The van der Waals surface area contributed by atoms with E-state index in [0.717, 1.165) is 23.4 Å². The fourth-order valence-corrected chi connectivity index (χ4v) is 4.03. The Morgan fingerprint density at radius 2 is 1.86 bits per heavy atom.